The van der Waals surface area contributed by atoms with E-state index in [1.807, 2.05) is 44.2 Å². The first-order valence-electron chi connectivity index (χ1n) is 9.45. The van der Waals surface area contributed by atoms with Gasteiger partial charge in [-0.1, -0.05) is 29.8 Å². The van der Waals surface area contributed by atoms with Gasteiger partial charge in [0.05, 0.1) is 5.69 Å². The normalized spacial score (nSPS) is 16.1. The Hall–Kier alpha value is -2.74. The second-order valence-corrected chi connectivity index (χ2v) is 8.04. The fourth-order valence-electron chi connectivity index (χ4n) is 3.28. The van der Waals surface area contributed by atoms with Gasteiger partial charge in [0.15, 0.2) is 5.65 Å². The molecule has 0 unspecified atom stereocenters. The van der Waals surface area contributed by atoms with Crippen molar-refractivity contribution in [3.8, 4) is 11.3 Å². The molecule has 148 valence electrons. The topological polar surface area (TPSA) is 71.8 Å². The van der Waals surface area contributed by atoms with Crippen LogP contribution in [0.1, 0.15) is 20.3 Å². The number of aromatic nitrogens is 3. The van der Waals surface area contributed by atoms with Gasteiger partial charge in [0, 0.05) is 48.9 Å². The van der Waals surface area contributed by atoms with E-state index in [0.717, 1.165) is 12.0 Å². The Morgan fingerprint density at radius 2 is 2.14 bits per heavy atom. The van der Waals surface area contributed by atoms with E-state index in [0.29, 0.717) is 47.3 Å². The van der Waals surface area contributed by atoms with Crippen molar-refractivity contribution in [1.29, 1.82) is 0 Å². The number of cyclic esters (lactones) is 1. The number of fused-ring (bicyclic) bond motifs is 1. The van der Waals surface area contributed by atoms with Gasteiger partial charge in [-0.2, -0.15) is 9.61 Å². The van der Waals surface area contributed by atoms with Gasteiger partial charge in [0.2, 0.25) is 0 Å². The molecule has 0 spiro atoms. The molecule has 7 nitrogen and oxygen atoms in total. The molecular weight excluding hydrogens is 389 g/mol. The van der Waals surface area contributed by atoms with Crippen molar-refractivity contribution in [2.24, 2.45) is 0 Å². The molecule has 1 aliphatic heterocycles. The van der Waals surface area contributed by atoms with Crippen LogP contribution in [0, 0.1) is 0 Å². The van der Waals surface area contributed by atoms with Crippen LogP contribution in [0.15, 0.2) is 36.5 Å². The third-order valence-electron chi connectivity index (χ3n) is 4.94. The molecule has 3 aromatic rings. The largest absolute Gasteiger partial charge is 0.443 e. The fraction of sp³-hybridized carbons (Fsp3) is 0.350. The van der Waals surface area contributed by atoms with E-state index >= 15 is 0 Å². The number of nitrogens with one attached hydrogen (secondary N) is 1. The number of carbonyl (C=O) groups is 1. The number of benzene rings is 1. The molecule has 3 heterocycles. The molecular formula is C20H21BClN5O2. The third-order valence-corrected chi connectivity index (χ3v) is 5.27. The first kappa shape index (κ1) is 19.6. The summed E-state index contributed by atoms with van der Waals surface area (Å²) in [5.41, 5.74) is 2.11. The van der Waals surface area contributed by atoms with E-state index in [1.54, 1.807) is 15.6 Å². The summed E-state index contributed by atoms with van der Waals surface area (Å²) in [5.74, 6) is 0.715. The first-order chi connectivity index (χ1) is 13.8. The minimum absolute atomic E-state index is 0.289. The molecule has 1 saturated heterocycles. The lowest BCUT2D eigenvalue weighted by Crippen LogP contribution is -2.47. The van der Waals surface area contributed by atoms with Gasteiger partial charge in [-0.15, -0.1) is 0 Å². The Balaban J connectivity index is 1.56. The standard InChI is InChI=1S/C20H21BClN5O2/c1-20(2)7-9-26(19(28)29-20)10-8-23-17-11-16(13-5-3-4-6-15(13)22)25-18-14(21)12-24-27(17)18/h3-6,11-12,23H,7-10H2,1-2H3. The molecule has 0 atom stereocenters. The van der Waals surface area contributed by atoms with Crippen LogP contribution in [0.5, 0.6) is 0 Å². The number of ether oxygens (including phenoxy) is 1. The number of rotatable bonds is 5. The van der Waals surface area contributed by atoms with Crippen LogP contribution in [-0.2, 0) is 4.74 Å². The molecule has 29 heavy (non-hydrogen) atoms. The molecule has 1 fully saturated rings. The predicted octanol–water partition coefficient (Wildman–Crippen LogP) is 2.88. The van der Waals surface area contributed by atoms with E-state index < -0.39 is 5.60 Å². The number of carbonyl (C=O) groups excluding carboxylic acids is 1. The Morgan fingerprint density at radius 1 is 1.34 bits per heavy atom. The van der Waals surface area contributed by atoms with Crippen LogP contribution < -0.4 is 10.8 Å². The van der Waals surface area contributed by atoms with Crippen molar-refractivity contribution >= 4 is 42.5 Å². The van der Waals surface area contributed by atoms with E-state index in [9.17, 15) is 4.79 Å². The summed E-state index contributed by atoms with van der Waals surface area (Å²) < 4.78 is 7.10. The summed E-state index contributed by atoms with van der Waals surface area (Å²) in [6.45, 7) is 5.55. The molecule has 0 aliphatic carbocycles. The SMILES string of the molecule is [B]c1cnn2c(NCCN3CCC(C)(C)OC3=O)cc(-c3ccccc3Cl)nc12. The Bertz CT molecular complexity index is 1070. The van der Waals surface area contributed by atoms with E-state index in [-0.39, 0.29) is 6.09 Å². The maximum Gasteiger partial charge on any atom is 0.410 e. The van der Waals surface area contributed by atoms with Crippen molar-refractivity contribution < 1.29 is 9.53 Å². The fourth-order valence-corrected chi connectivity index (χ4v) is 3.51. The van der Waals surface area contributed by atoms with E-state index in [4.69, 9.17) is 24.2 Å². The van der Waals surface area contributed by atoms with Gasteiger partial charge in [-0.05, 0) is 25.4 Å². The summed E-state index contributed by atoms with van der Waals surface area (Å²) in [4.78, 5) is 18.5. The minimum Gasteiger partial charge on any atom is -0.443 e. The summed E-state index contributed by atoms with van der Waals surface area (Å²) in [5, 5.41) is 8.24. The van der Waals surface area contributed by atoms with Crippen molar-refractivity contribution in [1.82, 2.24) is 19.5 Å². The molecule has 1 aliphatic rings. The summed E-state index contributed by atoms with van der Waals surface area (Å²) in [6, 6.07) is 9.37. The molecule has 1 amide bonds. The molecule has 2 aromatic heterocycles. The average molecular weight is 410 g/mol. The summed E-state index contributed by atoms with van der Waals surface area (Å²) >= 11 is 6.35. The average Bonchev–Trinajstić information content (AvgIpc) is 3.04. The summed E-state index contributed by atoms with van der Waals surface area (Å²) in [6.07, 6.45) is 2.07. The van der Waals surface area contributed by atoms with Gasteiger partial charge < -0.3 is 15.0 Å². The first-order valence-corrected chi connectivity index (χ1v) is 9.83. The molecule has 4 rings (SSSR count). The number of hydrogen-bond acceptors (Lipinski definition) is 5. The van der Waals surface area contributed by atoms with Crippen LogP contribution in [0.4, 0.5) is 10.6 Å². The zero-order valence-electron chi connectivity index (χ0n) is 16.4. The smallest absolute Gasteiger partial charge is 0.410 e. The van der Waals surface area contributed by atoms with Gasteiger partial charge in [-0.25, -0.2) is 9.78 Å². The maximum absolute atomic E-state index is 12.2. The second kappa shape index (κ2) is 7.59. The monoisotopic (exact) mass is 409 g/mol. The number of halogens is 1. The minimum atomic E-state index is -0.408. The quantitative estimate of drug-likeness (QED) is 0.656. The Labute approximate surface area is 175 Å². The van der Waals surface area contributed by atoms with Crippen LogP contribution >= 0.6 is 11.6 Å². The van der Waals surface area contributed by atoms with E-state index in [2.05, 4.69) is 15.4 Å². The van der Waals surface area contributed by atoms with Gasteiger partial charge >= 0.3 is 6.09 Å². The zero-order valence-corrected chi connectivity index (χ0v) is 17.1. The molecule has 2 radical (unpaired) electrons. The van der Waals surface area contributed by atoms with Gasteiger partial charge in [0.25, 0.3) is 0 Å². The van der Waals surface area contributed by atoms with Crippen LogP contribution in [0.2, 0.25) is 5.02 Å². The molecule has 0 bridgehead atoms. The lowest BCUT2D eigenvalue weighted by atomic mass is 10.0. The van der Waals surface area contributed by atoms with Gasteiger partial charge in [-0.3, -0.25) is 0 Å². The highest BCUT2D eigenvalue weighted by Crippen LogP contribution is 2.28. The van der Waals surface area contributed by atoms with E-state index in [1.165, 1.54) is 0 Å². The number of nitrogens with zero attached hydrogens (tertiary/aromatic N) is 4. The highest BCUT2D eigenvalue weighted by Gasteiger charge is 2.32. The highest BCUT2D eigenvalue weighted by atomic mass is 35.5. The van der Waals surface area contributed by atoms with Crippen molar-refractivity contribution in [2.45, 2.75) is 25.9 Å². The van der Waals surface area contributed by atoms with Gasteiger partial charge in [0.1, 0.15) is 19.3 Å². The number of hydrogen-bond donors (Lipinski definition) is 1. The maximum atomic E-state index is 12.2. The molecule has 1 N–H and O–H groups in total. The summed E-state index contributed by atoms with van der Waals surface area (Å²) in [7, 11) is 6.04. The Morgan fingerprint density at radius 3 is 2.90 bits per heavy atom. The molecule has 0 saturated carbocycles. The lowest BCUT2D eigenvalue weighted by Gasteiger charge is -2.36. The highest BCUT2D eigenvalue weighted by molar-refractivity contribution is 6.36. The van der Waals surface area contributed by atoms with Crippen LogP contribution in [0.25, 0.3) is 16.9 Å². The van der Waals surface area contributed by atoms with Crippen LogP contribution in [0.3, 0.4) is 0 Å². The number of amides is 1. The Kier molecular flexibility index (Phi) is 5.12. The van der Waals surface area contributed by atoms with Crippen molar-refractivity contribution in [3.63, 3.8) is 0 Å². The van der Waals surface area contributed by atoms with Crippen LogP contribution in [-0.4, -0.2) is 58.7 Å². The van der Waals surface area contributed by atoms with Crippen molar-refractivity contribution in [3.05, 3.63) is 41.6 Å². The second-order valence-electron chi connectivity index (χ2n) is 7.63. The number of anilines is 1. The zero-order chi connectivity index (χ0) is 20.6. The lowest BCUT2D eigenvalue weighted by molar-refractivity contribution is -0.0244. The molecule has 1 aromatic carbocycles. The third kappa shape index (κ3) is 4.03. The molecule has 9 heteroatoms. The predicted molar refractivity (Wildman–Crippen MR) is 114 cm³/mol. The van der Waals surface area contributed by atoms with Crippen molar-refractivity contribution in [2.75, 3.05) is 25.0 Å².